The highest BCUT2D eigenvalue weighted by Crippen LogP contribution is 2.10. The molecule has 1 atom stereocenters. The molecule has 1 unspecified atom stereocenters. The van der Waals surface area contributed by atoms with Gasteiger partial charge in [0.25, 0.3) is 0 Å². The molecule has 1 N–H and O–H groups in total. The summed E-state index contributed by atoms with van der Waals surface area (Å²) in [6.07, 6.45) is 5.40. The first-order valence-electron chi connectivity index (χ1n) is 7.98. The van der Waals surface area contributed by atoms with Crippen molar-refractivity contribution in [2.45, 2.75) is 19.4 Å². The number of carbonyl (C=O) groups excluding carboxylic acids is 2. The van der Waals surface area contributed by atoms with Gasteiger partial charge in [0, 0.05) is 26.2 Å². The highest BCUT2D eigenvalue weighted by Gasteiger charge is 2.27. The summed E-state index contributed by atoms with van der Waals surface area (Å²) in [4.78, 5) is 28.1. The van der Waals surface area contributed by atoms with E-state index in [2.05, 4.69) is 11.2 Å². The number of halogens is 1. The number of benzene rings is 1. The minimum absolute atomic E-state index is 0.0192. The fraction of sp³-hybridized carbons (Fsp3) is 0.444. The maximum absolute atomic E-state index is 12.9. The van der Waals surface area contributed by atoms with Crippen LogP contribution in [0.1, 0.15) is 12.5 Å². The van der Waals surface area contributed by atoms with Crippen LogP contribution < -0.4 is 5.32 Å². The number of hydrogen-bond acceptors (Lipinski definition) is 3. The van der Waals surface area contributed by atoms with Crippen molar-refractivity contribution in [1.29, 1.82) is 0 Å². The molecule has 1 aliphatic heterocycles. The Balaban J connectivity index is 1.81. The van der Waals surface area contributed by atoms with Crippen molar-refractivity contribution in [3.63, 3.8) is 0 Å². The first-order chi connectivity index (χ1) is 11.5. The highest BCUT2D eigenvalue weighted by atomic mass is 19.1. The van der Waals surface area contributed by atoms with Crippen molar-refractivity contribution in [3.05, 3.63) is 35.6 Å². The maximum atomic E-state index is 12.9. The zero-order valence-corrected chi connectivity index (χ0v) is 13.8. The molecule has 2 rings (SSSR count). The third-order valence-electron chi connectivity index (χ3n) is 4.23. The molecule has 1 heterocycles. The molecule has 24 heavy (non-hydrogen) atoms. The number of nitrogens with one attached hydrogen (secondary N) is 1. The topological polar surface area (TPSA) is 52.7 Å². The highest BCUT2D eigenvalue weighted by molar-refractivity contribution is 5.81. The molecular formula is C18H22FN3O2. The average Bonchev–Trinajstić information content (AvgIpc) is 2.61. The van der Waals surface area contributed by atoms with Crippen molar-refractivity contribution in [2.75, 3.05) is 32.7 Å². The number of rotatable bonds is 5. The van der Waals surface area contributed by atoms with Crippen molar-refractivity contribution >= 4 is 11.8 Å². The summed E-state index contributed by atoms with van der Waals surface area (Å²) in [5.41, 5.74) is 0.797. The number of terminal acetylenes is 1. The van der Waals surface area contributed by atoms with Crippen molar-refractivity contribution < 1.29 is 14.0 Å². The molecule has 1 fully saturated rings. The smallest absolute Gasteiger partial charge is 0.237 e. The van der Waals surface area contributed by atoms with E-state index in [1.54, 1.807) is 17.0 Å². The molecule has 0 aromatic heterocycles. The summed E-state index contributed by atoms with van der Waals surface area (Å²) in [7, 11) is 0. The predicted molar refractivity (Wildman–Crippen MR) is 89.6 cm³/mol. The largest absolute Gasteiger partial charge is 0.344 e. The monoisotopic (exact) mass is 331 g/mol. The summed E-state index contributed by atoms with van der Waals surface area (Å²) in [6.45, 7) is 4.49. The third kappa shape index (κ3) is 4.80. The van der Waals surface area contributed by atoms with Crippen LogP contribution in [0.3, 0.4) is 0 Å². The fourth-order valence-corrected chi connectivity index (χ4v) is 2.70. The molecule has 1 aliphatic rings. The van der Waals surface area contributed by atoms with Crippen LogP contribution in [0.25, 0.3) is 0 Å². The molecule has 0 saturated carbocycles. The summed E-state index contributed by atoms with van der Waals surface area (Å²) >= 11 is 0. The molecule has 6 heteroatoms. The van der Waals surface area contributed by atoms with Crippen LogP contribution in [0.2, 0.25) is 0 Å². The van der Waals surface area contributed by atoms with Gasteiger partial charge in [0.2, 0.25) is 11.8 Å². The lowest BCUT2D eigenvalue weighted by molar-refractivity contribution is -0.133. The number of piperazine rings is 1. The van der Waals surface area contributed by atoms with Crippen LogP contribution in [0.5, 0.6) is 0 Å². The van der Waals surface area contributed by atoms with Gasteiger partial charge in [-0.25, -0.2) is 4.39 Å². The normalized spacial score (nSPS) is 16.3. The van der Waals surface area contributed by atoms with Crippen LogP contribution in [0.4, 0.5) is 4.39 Å². The first kappa shape index (κ1) is 18.0. The summed E-state index contributed by atoms with van der Waals surface area (Å²) < 4.78 is 12.9. The standard InChI is InChI=1S/C18H22FN3O2/c1-3-8-20-18(24)14(2)21-9-11-22(12-10-21)17(23)13-15-4-6-16(19)7-5-15/h1,4-7,14H,8-13H2,2H3,(H,20,24). The van der Waals surface area contributed by atoms with E-state index in [0.717, 1.165) is 5.56 Å². The molecule has 128 valence electrons. The summed E-state index contributed by atoms with van der Waals surface area (Å²) in [5.74, 6) is 1.99. The van der Waals surface area contributed by atoms with Gasteiger partial charge < -0.3 is 10.2 Å². The number of nitrogens with zero attached hydrogens (tertiary/aromatic N) is 2. The summed E-state index contributed by atoms with van der Waals surface area (Å²) in [6, 6.07) is 5.70. The van der Waals surface area contributed by atoms with E-state index < -0.39 is 0 Å². The van der Waals surface area contributed by atoms with Gasteiger partial charge in [-0.15, -0.1) is 6.42 Å². The Hall–Kier alpha value is -2.39. The predicted octanol–water partition coefficient (Wildman–Crippen LogP) is 0.650. The third-order valence-corrected chi connectivity index (χ3v) is 4.23. The summed E-state index contributed by atoms with van der Waals surface area (Å²) in [5, 5.41) is 2.67. The molecule has 0 spiro atoms. The Morgan fingerprint density at radius 2 is 1.88 bits per heavy atom. The van der Waals surface area contributed by atoms with Gasteiger partial charge in [0.15, 0.2) is 0 Å². The fourth-order valence-electron chi connectivity index (χ4n) is 2.70. The average molecular weight is 331 g/mol. The Morgan fingerprint density at radius 1 is 1.25 bits per heavy atom. The van der Waals surface area contributed by atoms with Gasteiger partial charge in [-0.05, 0) is 24.6 Å². The van der Waals surface area contributed by atoms with Crippen molar-refractivity contribution in [2.24, 2.45) is 0 Å². The van der Waals surface area contributed by atoms with Crippen LogP contribution in [0.15, 0.2) is 24.3 Å². The van der Waals surface area contributed by atoms with Gasteiger partial charge in [-0.3, -0.25) is 14.5 Å². The second kappa shape index (κ2) is 8.46. The molecule has 0 bridgehead atoms. The minimum Gasteiger partial charge on any atom is -0.344 e. The lowest BCUT2D eigenvalue weighted by Crippen LogP contribution is -2.55. The van der Waals surface area contributed by atoms with E-state index in [-0.39, 0.29) is 36.6 Å². The Morgan fingerprint density at radius 3 is 2.46 bits per heavy atom. The van der Waals surface area contributed by atoms with Crippen molar-refractivity contribution in [1.82, 2.24) is 15.1 Å². The lowest BCUT2D eigenvalue weighted by atomic mass is 10.1. The second-order valence-electron chi connectivity index (χ2n) is 5.82. The molecule has 1 saturated heterocycles. The zero-order chi connectivity index (χ0) is 17.5. The molecule has 0 radical (unpaired) electrons. The van der Waals surface area contributed by atoms with Gasteiger partial charge in [0.05, 0.1) is 19.0 Å². The van der Waals surface area contributed by atoms with E-state index in [1.807, 2.05) is 11.8 Å². The molecule has 2 amide bonds. The molecule has 1 aromatic rings. The van der Waals surface area contributed by atoms with Crippen LogP contribution in [-0.2, 0) is 16.0 Å². The van der Waals surface area contributed by atoms with E-state index in [4.69, 9.17) is 6.42 Å². The van der Waals surface area contributed by atoms with Crippen LogP contribution in [0, 0.1) is 18.2 Å². The number of carbonyl (C=O) groups is 2. The Labute approximate surface area is 141 Å². The van der Waals surface area contributed by atoms with E-state index >= 15 is 0 Å². The van der Waals surface area contributed by atoms with Gasteiger partial charge in [-0.2, -0.15) is 0 Å². The van der Waals surface area contributed by atoms with Gasteiger partial charge in [-0.1, -0.05) is 18.1 Å². The SMILES string of the molecule is C#CCNC(=O)C(C)N1CCN(C(=O)Cc2ccc(F)cc2)CC1. The Kier molecular flexibility index (Phi) is 6.33. The molecular weight excluding hydrogens is 309 g/mol. The Bertz CT molecular complexity index is 616. The van der Waals surface area contributed by atoms with Gasteiger partial charge >= 0.3 is 0 Å². The molecule has 5 nitrogen and oxygen atoms in total. The number of amides is 2. The number of hydrogen-bond donors (Lipinski definition) is 1. The van der Waals surface area contributed by atoms with Crippen LogP contribution >= 0.6 is 0 Å². The van der Waals surface area contributed by atoms with Crippen molar-refractivity contribution in [3.8, 4) is 12.3 Å². The lowest BCUT2D eigenvalue weighted by Gasteiger charge is -2.37. The van der Waals surface area contributed by atoms with Crippen LogP contribution in [-0.4, -0.2) is 60.4 Å². The first-order valence-corrected chi connectivity index (χ1v) is 7.98. The minimum atomic E-state index is -0.308. The quantitative estimate of drug-likeness (QED) is 0.806. The maximum Gasteiger partial charge on any atom is 0.237 e. The van der Waals surface area contributed by atoms with E-state index in [0.29, 0.717) is 26.2 Å². The second-order valence-corrected chi connectivity index (χ2v) is 5.82. The molecule has 0 aliphatic carbocycles. The van der Waals surface area contributed by atoms with E-state index in [9.17, 15) is 14.0 Å². The van der Waals surface area contributed by atoms with Gasteiger partial charge in [0.1, 0.15) is 5.82 Å². The van der Waals surface area contributed by atoms with E-state index in [1.165, 1.54) is 12.1 Å². The molecule has 1 aromatic carbocycles. The zero-order valence-electron chi connectivity index (χ0n) is 13.8.